The third-order valence-electron chi connectivity index (χ3n) is 3.80. The molecule has 1 saturated heterocycles. The first kappa shape index (κ1) is 17.7. The van der Waals surface area contributed by atoms with E-state index in [0.717, 1.165) is 71.3 Å². The molecule has 0 aromatic carbocycles. The van der Waals surface area contributed by atoms with Gasteiger partial charge in [-0.2, -0.15) is 0 Å². The summed E-state index contributed by atoms with van der Waals surface area (Å²) in [5, 5.41) is 6.62. The maximum Gasteiger partial charge on any atom is 0.190 e. The molecule has 0 bridgehead atoms. The van der Waals surface area contributed by atoms with Crippen molar-refractivity contribution in [3.63, 3.8) is 0 Å². The Morgan fingerprint density at radius 3 is 2.96 bits per heavy atom. The fraction of sp³-hybridized carbons (Fsp3) is 0.750. The average Bonchev–Trinajstić information content (AvgIpc) is 3.26. The van der Waals surface area contributed by atoms with Gasteiger partial charge in [-0.3, -0.25) is 4.99 Å². The summed E-state index contributed by atoms with van der Waals surface area (Å²) in [4.78, 5) is 8.25. The molecule has 7 nitrogen and oxygen atoms in total. The van der Waals surface area contributed by atoms with Crippen molar-refractivity contribution in [3.05, 3.63) is 18.7 Å². The van der Waals surface area contributed by atoms with Gasteiger partial charge in [0, 0.05) is 58.2 Å². The number of rotatable bonds is 10. The number of nitrogens with one attached hydrogen (secondary N) is 2. The van der Waals surface area contributed by atoms with Gasteiger partial charge in [-0.05, 0) is 19.3 Å². The fourth-order valence-electron chi connectivity index (χ4n) is 2.45. The summed E-state index contributed by atoms with van der Waals surface area (Å²) in [6, 6.07) is 0. The molecule has 1 unspecified atom stereocenters. The highest BCUT2D eigenvalue weighted by Gasteiger charge is 2.15. The molecule has 0 aliphatic carbocycles. The quantitative estimate of drug-likeness (QED) is 0.380. The number of imidazole rings is 1. The minimum Gasteiger partial charge on any atom is -0.381 e. The molecule has 0 radical (unpaired) electrons. The zero-order valence-corrected chi connectivity index (χ0v) is 14.0. The summed E-state index contributed by atoms with van der Waals surface area (Å²) in [7, 11) is 1.79. The predicted octanol–water partition coefficient (Wildman–Crippen LogP) is 0.881. The summed E-state index contributed by atoms with van der Waals surface area (Å²) >= 11 is 0. The van der Waals surface area contributed by atoms with E-state index in [1.54, 1.807) is 13.2 Å². The van der Waals surface area contributed by atoms with Crippen molar-refractivity contribution >= 4 is 5.96 Å². The standard InChI is InChI=1S/C16H29N5O2/c1-17-16(19-5-2-8-21-9-7-18-14-21)20-6-3-10-22-12-15-4-11-23-13-15/h7,9,14-15H,2-6,8,10-13H2,1H3,(H2,17,19,20). The van der Waals surface area contributed by atoms with Crippen LogP contribution in [0.25, 0.3) is 0 Å². The molecule has 0 saturated carbocycles. The Balaban J connectivity index is 1.43. The molecule has 2 rings (SSSR count). The third-order valence-corrected chi connectivity index (χ3v) is 3.80. The van der Waals surface area contributed by atoms with Gasteiger partial charge >= 0.3 is 0 Å². The van der Waals surface area contributed by atoms with E-state index in [2.05, 4.69) is 25.2 Å². The Hall–Kier alpha value is -1.60. The summed E-state index contributed by atoms with van der Waals surface area (Å²) in [6.45, 7) is 6.05. The maximum absolute atomic E-state index is 5.68. The number of aliphatic imine (C=N–C) groups is 1. The molecule has 23 heavy (non-hydrogen) atoms. The van der Waals surface area contributed by atoms with E-state index in [1.807, 2.05) is 12.5 Å². The summed E-state index contributed by atoms with van der Waals surface area (Å²) in [6.07, 6.45) is 8.76. The van der Waals surface area contributed by atoms with Crippen molar-refractivity contribution in [3.8, 4) is 0 Å². The second-order valence-corrected chi connectivity index (χ2v) is 5.74. The van der Waals surface area contributed by atoms with Crippen molar-refractivity contribution in [2.45, 2.75) is 25.8 Å². The number of guanidine groups is 1. The molecule has 1 aromatic rings. The van der Waals surface area contributed by atoms with Crippen molar-refractivity contribution in [2.75, 3.05) is 46.6 Å². The van der Waals surface area contributed by atoms with Crippen LogP contribution in [0.15, 0.2) is 23.7 Å². The highest BCUT2D eigenvalue weighted by Crippen LogP contribution is 2.12. The Bertz CT molecular complexity index is 430. The zero-order chi connectivity index (χ0) is 16.2. The van der Waals surface area contributed by atoms with Gasteiger partial charge in [-0.25, -0.2) is 4.98 Å². The smallest absolute Gasteiger partial charge is 0.190 e. The molecule has 0 amide bonds. The number of aromatic nitrogens is 2. The van der Waals surface area contributed by atoms with Crippen LogP contribution >= 0.6 is 0 Å². The SMILES string of the molecule is CN=C(NCCCOCC1CCOC1)NCCCn1ccnc1. The van der Waals surface area contributed by atoms with Gasteiger partial charge in [0.05, 0.1) is 19.5 Å². The molecular formula is C16H29N5O2. The summed E-state index contributed by atoms with van der Waals surface area (Å²) < 4.78 is 13.1. The summed E-state index contributed by atoms with van der Waals surface area (Å²) in [5.74, 6) is 1.44. The predicted molar refractivity (Wildman–Crippen MR) is 90.6 cm³/mol. The van der Waals surface area contributed by atoms with Crippen molar-refractivity contribution < 1.29 is 9.47 Å². The Kier molecular flexibility index (Phi) is 8.50. The highest BCUT2D eigenvalue weighted by molar-refractivity contribution is 5.79. The van der Waals surface area contributed by atoms with E-state index in [4.69, 9.17) is 9.47 Å². The topological polar surface area (TPSA) is 72.7 Å². The first-order valence-corrected chi connectivity index (χ1v) is 8.44. The average molecular weight is 323 g/mol. The van der Waals surface area contributed by atoms with Gasteiger partial charge in [-0.15, -0.1) is 0 Å². The van der Waals surface area contributed by atoms with Crippen molar-refractivity contribution in [1.29, 1.82) is 0 Å². The molecule has 7 heteroatoms. The largest absolute Gasteiger partial charge is 0.381 e. The molecule has 1 aromatic heterocycles. The van der Waals surface area contributed by atoms with E-state index in [0.29, 0.717) is 5.92 Å². The van der Waals surface area contributed by atoms with Gasteiger partial charge in [0.15, 0.2) is 5.96 Å². The van der Waals surface area contributed by atoms with E-state index in [1.165, 1.54) is 0 Å². The molecule has 1 fully saturated rings. The molecule has 1 atom stereocenters. The Labute approximate surface area is 138 Å². The molecule has 2 N–H and O–H groups in total. The fourth-order valence-corrected chi connectivity index (χ4v) is 2.45. The second kappa shape index (κ2) is 11.0. The Morgan fingerprint density at radius 1 is 1.39 bits per heavy atom. The van der Waals surface area contributed by atoms with Crippen LogP contribution in [-0.2, 0) is 16.0 Å². The number of nitrogens with zero attached hydrogens (tertiary/aromatic N) is 3. The van der Waals surface area contributed by atoms with E-state index in [-0.39, 0.29) is 0 Å². The number of hydrogen-bond donors (Lipinski definition) is 2. The lowest BCUT2D eigenvalue weighted by atomic mass is 10.1. The monoisotopic (exact) mass is 323 g/mol. The lowest BCUT2D eigenvalue weighted by Crippen LogP contribution is -2.38. The van der Waals surface area contributed by atoms with Crippen LogP contribution < -0.4 is 10.6 Å². The minimum absolute atomic E-state index is 0.591. The molecule has 1 aliphatic rings. The van der Waals surface area contributed by atoms with Crippen LogP contribution in [0.5, 0.6) is 0 Å². The molecule has 2 heterocycles. The first-order chi connectivity index (χ1) is 11.4. The van der Waals surface area contributed by atoms with Gasteiger partial charge in [0.25, 0.3) is 0 Å². The van der Waals surface area contributed by atoms with E-state index >= 15 is 0 Å². The van der Waals surface area contributed by atoms with Crippen LogP contribution in [0.3, 0.4) is 0 Å². The first-order valence-electron chi connectivity index (χ1n) is 8.44. The second-order valence-electron chi connectivity index (χ2n) is 5.74. The van der Waals surface area contributed by atoms with Gasteiger partial charge < -0.3 is 24.7 Å². The van der Waals surface area contributed by atoms with Crippen LogP contribution in [0.2, 0.25) is 0 Å². The normalized spacial score (nSPS) is 18.3. The van der Waals surface area contributed by atoms with Crippen LogP contribution in [0, 0.1) is 5.92 Å². The van der Waals surface area contributed by atoms with Gasteiger partial charge in [0.1, 0.15) is 0 Å². The molecule has 130 valence electrons. The Morgan fingerprint density at radius 2 is 2.26 bits per heavy atom. The maximum atomic E-state index is 5.68. The van der Waals surface area contributed by atoms with Crippen molar-refractivity contribution in [1.82, 2.24) is 20.2 Å². The molecule has 1 aliphatic heterocycles. The molecular weight excluding hydrogens is 294 g/mol. The van der Waals surface area contributed by atoms with E-state index in [9.17, 15) is 0 Å². The minimum atomic E-state index is 0.591. The van der Waals surface area contributed by atoms with Crippen LogP contribution in [0.4, 0.5) is 0 Å². The summed E-state index contributed by atoms with van der Waals surface area (Å²) in [5.41, 5.74) is 0. The highest BCUT2D eigenvalue weighted by atomic mass is 16.5. The van der Waals surface area contributed by atoms with Gasteiger partial charge in [-0.1, -0.05) is 0 Å². The third kappa shape index (κ3) is 7.47. The van der Waals surface area contributed by atoms with Gasteiger partial charge in [0.2, 0.25) is 0 Å². The number of ether oxygens (including phenoxy) is 2. The lowest BCUT2D eigenvalue weighted by molar-refractivity contribution is 0.0888. The van der Waals surface area contributed by atoms with Crippen molar-refractivity contribution in [2.24, 2.45) is 10.9 Å². The lowest BCUT2D eigenvalue weighted by Gasteiger charge is -2.12. The van der Waals surface area contributed by atoms with Crippen LogP contribution in [0.1, 0.15) is 19.3 Å². The van der Waals surface area contributed by atoms with E-state index < -0.39 is 0 Å². The number of aryl methyl sites for hydroxylation is 1. The number of hydrogen-bond acceptors (Lipinski definition) is 4. The zero-order valence-electron chi connectivity index (χ0n) is 14.0. The van der Waals surface area contributed by atoms with Crippen LogP contribution in [-0.4, -0.2) is 62.1 Å². The molecule has 0 spiro atoms.